The van der Waals surface area contributed by atoms with E-state index in [9.17, 15) is 4.21 Å². The second-order valence-electron chi connectivity index (χ2n) is 7.44. The average Bonchev–Trinajstić information content (AvgIpc) is 3.13. The van der Waals surface area contributed by atoms with Crippen molar-refractivity contribution < 1.29 is 4.21 Å². The van der Waals surface area contributed by atoms with Gasteiger partial charge in [0.15, 0.2) is 5.96 Å². The van der Waals surface area contributed by atoms with Gasteiger partial charge in [-0.25, -0.2) is 0 Å². The van der Waals surface area contributed by atoms with Crippen LogP contribution in [0.15, 0.2) is 4.99 Å². The molecule has 0 saturated heterocycles. The lowest BCUT2D eigenvalue weighted by Gasteiger charge is -2.30. The fourth-order valence-corrected chi connectivity index (χ4v) is 5.55. The zero-order chi connectivity index (χ0) is 17.2. The number of nitrogens with zero attached hydrogens (tertiary/aromatic N) is 1. The van der Waals surface area contributed by atoms with Crippen molar-refractivity contribution in [3.63, 3.8) is 0 Å². The van der Waals surface area contributed by atoms with Crippen LogP contribution in [0.25, 0.3) is 0 Å². The molecule has 2 fully saturated rings. The standard InChI is InChI=1S/C19H37N3OS/c1-3-24(23)18-13-8-12-17(15-18)22-19(20-2)21-14-7-6-11-16-9-4-5-10-16/h16-18H,3-15H2,1-2H3,(H2,20,21,22). The van der Waals surface area contributed by atoms with E-state index in [4.69, 9.17) is 0 Å². The first-order valence-electron chi connectivity index (χ1n) is 10.1. The summed E-state index contributed by atoms with van der Waals surface area (Å²) in [5.74, 6) is 2.70. The minimum atomic E-state index is -0.661. The lowest BCUT2D eigenvalue weighted by molar-refractivity contribution is 0.413. The van der Waals surface area contributed by atoms with Gasteiger partial charge in [0.25, 0.3) is 0 Å². The predicted octanol–water partition coefficient (Wildman–Crippen LogP) is 3.59. The maximum absolute atomic E-state index is 12.1. The summed E-state index contributed by atoms with van der Waals surface area (Å²) in [6.45, 7) is 3.03. The van der Waals surface area contributed by atoms with Crippen molar-refractivity contribution in [2.45, 2.75) is 88.8 Å². The molecular formula is C19H37N3OS. The molecule has 24 heavy (non-hydrogen) atoms. The van der Waals surface area contributed by atoms with E-state index in [1.807, 2.05) is 14.0 Å². The molecule has 2 aliphatic rings. The van der Waals surface area contributed by atoms with Gasteiger partial charge in [0.1, 0.15) is 0 Å². The predicted molar refractivity (Wildman–Crippen MR) is 105 cm³/mol. The highest BCUT2D eigenvalue weighted by molar-refractivity contribution is 7.85. The quantitative estimate of drug-likeness (QED) is 0.397. The van der Waals surface area contributed by atoms with Crippen molar-refractivity contribution in [2.24, 2.45) is 10.9 Å². The molecule has 0 bridgehead atoms. The molecular weight excluding hydrogens is 318 g/mol. The summed E-state index contributed by atoms with van der Waals surface area (Å²) in [4.78, 5) is 4.37. The second-order valence-corrected chi connectivity index (χ2v) is 9.45. The third-order valence-electron chi connectivity index (χ3n) is 5.65. The molecule has 0 aliphatic heterocycles. The molecule has 2 N–H and O–H groups in total. The van der Waals surface area contributed by atoms with Gasteiger partial charge in [-0.05, 0) is 31.6 Å². The SMILES string of the molecule is CCS(=O)C1CCCC(NC(=NC)NCCCCC2CCCC2)C1. The van der Waals surface area contributed by atoms with Crippen molar-refractivity contribution >= 4 is 16.8 Å². The van der Waals surface area contributed by atoms with Crippen molar-refractivity contribution in [2.75, 3.05) is 19.3 Å². The van der Waals surface area contributed by atoms with Crippen LogP contribution in [0, 0.1) is 5.92 Å². The highest BCUT2D eigenvalue weighted by Gasteiger charge is 2.25. The fraction of sp³-hybridized carbons (Fsp3) is 0.947. The molecule has 4 nitrogen and oxygen atoms in total. The van der Waals surface area contributed by atoms with E-state index in [0.717, 1.165) is 37.0 Å². The van der Waals surface area contributed by atoms with Crippen LogP contribution in [0.3, 0.4) is 0 Å². The fourth-order valence-electron chi connectivity index (χ4n) is 4.20. The zero-order valence-corrected chi connectivity index (χ0v) is 16.5. The first kappa shape index (κ1) is 19.7. The molecule has 5 heteroatoms. The Morgan fingerprint density at radius 1 is 1.12 bits per heavy atom. The van der Waals surface area contributed by atoms with Gasteiger partial charge >= 0.3 is 0 Å². The monoisotopic (exact) mass is 355 g/mol. The minimum absolute atomic E-state index is 0.366. The Labute approximate surface area is 151 Å². The summed E-state index contributed by atoms with van der Waals surface area (Å²) in [7, 11) is 1.18. The highest BCUT2D eigenvalue weighted by atomic mass is 32.2. The van der Waals surface area contributed by atoms with E-state index in [-0.39, 0.29) is 0 Å². The van der Waals surface area contributed by atoms with Crippen molar-refractivity contribution in [3.05, 3.63) is 0 Å². The summed E-state index contributed by atoms with van der Waals surface area (Å²) in [6.07, 6.45) is 14.2. The van der Waals surface area contributed by atoms with E-state index >= 15 is 0 Å². The summed E-state index contributed by atoms with van der Waals surface area (Å²) < 4.78 is 12.1. The molecule has 0 spiro atoms. The summed E-state index contributed by atoms with van der Waals surface area (Å²) in [5.41, 5.74) is 0. The van der Waals surface area contributed by atoms with Gasteiger partial charge < -0.3 is 10.6 Å². The van der Waals surface area contributed by atoms with E-state index in [2.05, 4.69) is 15.6 Å². The minimum Gasteiger partial charge on any atom is -0.356 e. The third-order valence-corrected chi connectivity index (χ3v) is 7.39. The Morgan fingerprint density at radius 3 is 2.62 bits per heavy atom. The maximum Gasteiger partial charge on any atom is 0.191 e. The number of nitrogens with one attached hydrogen (secondary N) is 2. The van der Waals surface area contributed by atoms with Crippen molar-refractivity contribution in [1.29, 1.82) is 0 Å². The summed E-state index contributed by atoms with van der Waals surface area (Å²) in [5, 5.41) is 7.38. The van der Waals surface area contributed by atoms with Crippen LogP contribution in [0.2, 0.25) is 0 Å². The third kappa shape index (κ3) is 6.73. The molecule has 3 unspecified atom stereocenters. The Bertz CT molecular complexity index is 407. The van der Waals surface area contributed by atoms with Crippen LogP contribution in [0.5, 0.6) is 0 Å². The van der Waals surface area contributed by atoms with Crippen molar-refractivity contribution in [1.82, 2.24) is 10.6 Å². The lowest BCUT2D eigenvalue weighted by atomic mass is 9.95. The smallest absolute Gasteiger partial charge is 0.191 e. The van der Waals surface area contributed by atoms with Crippen LogP contribution in [-0.2, 0) is 10.8 Å². The van der Waals surface area contributed by atoms with Crippen LogP contribution >= 0.6 is 0 Å². The maximum atomic E-state index is 12.1. The number of rotatable bonds is 8. The molecule has 0 radical (unpaired) electrons. The molecule has 0 heterocycles. The Hall–Kier alpha value is -0.580. The molecule has 0 aromatic rings. The topological polar surface area (TPSA) is 53.5 Å². The number of guanidine groups is 1. The van der Waals surface area contributed by atoms with Crippen LogP contribution in [0.1, 0.15) is 77.6 Å². The molecule has 2 saturated carbocycles. The van der Waals surface area contributed by atoms with Crippen LogP contribution < -0.4 is 10.6 Å². The van der Waals surface area contributed by atoms with Crippen LogP contribution in [-0.4, -0.2) is 40.8 Å². The molecule has 2 aliphatic carbocycles. The Kier molecular flexibility index (Phi) is 9.14. The number of aliphatic imine (C=N–C) groups is 1. The average molecular weight is 356 g/mol. The van der Waals surface area contributed by atoms with E-state index < -0.39 is 10.8 Å². The zero-order valence-electron chi connectivity index (χ0n) is 15.7. The molecule has 0 aromatic carbocycles. The van der Waals surface area contributed by atoms with Gasteiger partial charge in [-0.3, -0.25) is 9.20 Å². The second kappa shape index (κ2) is 11.1. The van der Waals surface area contributed by atoms with Gasteiger partial charge in [0.05, 0.1) is 0 Å². The molecule has 140 valence electrons. The van der Waals surface area contributed by atoms with Gasteiger partial charge in [-0.15, -0.1) is 0 Å². The lowest BCUT2D eigenvalue weighted by Crippen LogP contribution is -2.46. The van der Waals surface area contributed by atoms with Gasteiger partial charge in [-0.1, -0.05) is 51.9 Å². The number of unbranched alkanes of at least 4 members (excludes halogenated alkanes) is 1. The highest BCUT2D eigenvalue weighted by Crippen LogP contribution is 2.28. The van der Waals surface area contributed by atoms with Gasteiger partial charge in [-0.2, -0.15) is 0 Å². The Morgan fingerprint density at radius 2 is 1.92 bits per heavy atom. The molecule has 0 aromatic heterocycles. The normalized spacial score (nSPS) is 27.2. The van der Waals surface area contributed by atoms with E-state index in [1.54, 1.807) is 0 Å². The molecule has 2 rings (SSSR count). The van der Waals surface area contributed by atoms with Gasteiger partial charge in [0.2, 0.25) is 0 Å². The van der Waals surface area contributed by atoms with E-state index in [1.165, 1.54) is 57.8 Å². The first-order valence-corrected chi connectivity index (χ1v) is 11.5. The van der Waals surface area contributed by atoms with Gasteiger partial charge in [0, 0.05) is 41.4 Å². The summed E-state index contributed by atoms with van der Waals surface area (Å²) >= 11 is 0. The van der Waals surface area contributed by atoms with Crippen LogP contribution in [0.4, 0.5) is 0 Å². The number of hydrogen-bond donors (Lipinski definition) is 2. The largest absolute Gasteiger partial charge is 0.356 e. The Balaban J connectivity index is 1.61. The van der Waals surface area contributed by atoms with E-state index in [0.29, 0.717) is 11.3 Å². The van der Waals surface area contributed by atoms with Crippen molar-refractivity contribution in [3.8, 4) is 0 Å². The number of hydrogen-bond acceptors (Lipinski definition) is 2. The molecule has 0 amide bonds. The summed E-state index contributed by atoms with van der Waals surface area (Å²) in [6, 6.07) is 0.420. The molecule has 3 atom stereocenters. The first-order chi connectivity index (χ1) is 11.7.